The number of ketones is 3. The molecule has 0 saturated carbocycles. The highest BCUT2D eigenvalue weighted by atomic mass is 16.2. The van der Waals surface area contributed by atoms with E-state index in [1.54, 1.807) is 18.7 Å². The van der Waals surface area contributed by atoms with E-state index >= 15 is 0 Å². The van der Waals surface area contributed by atoms with Gasteiger partial charge in [0, 0.05) is 30.0 Å². The molecule has 0 spiro atoms. The van der Waals surface area contributed by atoms with Crippen molar-refractivity contribution >= 4 is 23.3 Å². The maximum atomic E-state index is 12.2. The standard InChI is InChI=1S/C25H46N2O4/c1-18(28)13-26(24(9,10)16-23(7,8)20(3)30)17-22(5,6)15-25(11,12)27(21(4)31)14-19(2)29/h13-17H2,1-12H3. The Hall–Kier alpha value is -1.56. The normalized spacial score (nSPS) is 13.3. The predicted octanol–water partition coefficient (Wildman–Crippen LogP) is 4.29. The van der Waals surface area contributed by atoms with Gasteiger partial charge in [-0.15, -0.1) is 0 Å². The average molecular weight is 439 g/mol. The quantitative estimate of drug-likeness (QED) is 0.429. The minimum Gasteiger partial charge on any atom is -0.330 e. The van der Waals surface area contributed by atoms with Crippen molar-refractivity contribution in [2.45, 2.75) is 107 Å². The van der Waals surface area contributed by atoms with Gasteiger partial charge in [0.1, 0.15) is 17.3 Å². The van der Waals surface area contributed by atoms with Crippen LogP contribution in [0.4, 0.5) is 0 Å². The van der Waals surface area contributed by atoms with Crippen molar-refractivity contribution in [1.29, 1.82) is 0 Å². The lowest BCUT2D eigenvalue weighted by molar-refractivity contribution is -0.139. The summed E-state index contributed by atoms with van der Waals surface area (Å²) >= 11 is 0. The fraction of sp³-hybridized carbons (Fsp3) is 0.840. The molecule has 0 bridgehead atoms. The third kappa shape index (κ3) is 9.63. The van der Waals surface area contributed by atoms with Crippen LogP contribution in [-0.4, -0.2) is 63.8 Å². The smallest absolute Gasteiger partial charge is 0.220 e. The highest BCUT2D eigenvalue weighted by Crippen LogP contribution is 2.37. The van der Waals surface area contributed by atoms with Gasteiger partial charge in [-0.2, -0.15) is 0 Å². The molecule has 0 N–H and O–H groups in total. The van der Waals surface area contributed by atoms with Crippen molar-refractivity contribution in [2.75, 3.05) is 19.6 Å². The Labute approximate surface area is 190 Å². The van der Waals surface area contributed by atoms with Crippen LogP contribution in [-0.2, 0) is 19.2 Å². The molecule has 0 aromatic heterocycles. The molecule has 0 atom stereocenters. The Kier molecular flexibility index (Phi) is 9.85. The van der Waals surface area contributed by atoms with Crippen LogP contribution >= 0.6 is 0 Å². The number of hydrogen-bond acceptors (Lipinski definition) is 5. The van der Waals surface area contributed by atoms with Crippen molar-refractivity contribution in [2.24, 2.45) is 10.8 Å². The molecule has 0 aromatic rings. The number of Topliss-reactive ketones (excluding diaryl/α,β-unsaturated/α-hetero) is 3. The zero-order valence-electron chi connectivity index (χ0n) is 22.1. The first-order valence-corrected chi connectivity index (χ1v) is 11.2. The molecule has 6 heteroatoms. The van der Waals surface area contributed by atoms with Crippen LogP contribution in [0.5, 0.6) is 0 Å². The molecule has 0 fully saturated rings. The monoisotopic (exact) mass is 438 g/mol. The minimum atomic E-state index is -0.522. The summed E-state index contributed by atoms with van der Waals surface area (Å²) in [5, 5.41) is 0. The summed E-state index contributed by atoms with van der Waals surface area (Å²) in [5.74, 6) is 0.0304. The fourth-order valence-corrected chi connectivity index (χ4v) is 4.88. The van der Waals surface area contributed by atoms with Crippen LogP contribution < -0.4 is 0 Å². The molecule has 31 heavy (non-hydrogen) atoms. The second kappa shape index (κ2) is 10.4. The van der Waals surface area contributed by atoms with Crippen LogP contribution in [0.15, 0.2) is 0 Å². The maximum absolute atomic E-state index is 12.2. The van der Waals surface area contributed by atoms with E-state index in [4.69, 9.17) is 0 Å². The number of carbonyl (C=O) groups excluding carboxylic acids is 4. The molecule has 0 aliphatic carbocycles. The lowest BCUT2D eigenvalue weighted by Crippen LogP contribution is -2.55. The zero-order chi connectivity index (χ0) is 25.0. The van der Waals surface area contributed by atoms with E-state index in [0.29, 0.717) is 25.9 Å². The SMILES string of the molecule is CC(=O)CN(CC(C)(C)CC(C)(C)N(CC(C)=O)C(C)=O)C(C)(C)CC(C)(C)C(C)=O. The second-order valence-corrected chi connectivity index (χ2v) is 11.9. The van der Waals surface area contributed by atoms with E-state index in [9.17, 15) is 19.2 Å². The van der Waals surface area contributed by atoms with Crippen LogP contribution in [0.2, 0.25) is 0 Å². The summed E-state index contributed by atoms with van der Waals surface area (Å²) in [6, 6.07) is 0. The maximum Gasteiger partial charge on any atom is 0.220 e. The van der Waals surface area contributed by atoms with Crippen molar-refractivity contribution in [3.05, 3.63) is 0 Å². The molecule has 6 nitrogen and oxygen atoms in total. The number of carbonyl (C=O) groups is 4. The third-order valence-electron chi connectivity index (χ3n) is 6.12. The second-order valence-electron chi connectivity index (χ2n) is 11.9. The largest absolute Gasteiger partial charge is 0.330 e. The molecule has 0 heterocycles. The number of rotatable bonds is 13. The summed E-state index contributed by atoms with van der Waals surface area (Å²) < 4.78 is 0. The van der Waals surface area contributed by atoms with E-state index < -0.39 is 11.0 Å². The predicted molar refractivity (Wildman–Crippen MR) is 126 cm³/mol. The number of hydrogen-bond donors (Lipinski definition) is 0. The first-order valence-electron chi connectivity index (χ1n) is 11.2. The van der Waals surface area contributed by atoms with E-state index in [0.717, 1.165) is 0 Å². The third-order valence-corrected chi connectivity index (χ3v) is 6.12. The molecular weight excluding hydrogens is 392 g/mol. The Morgan fingerprint density at radius 3 is 1.45 bits per heavy atom. The van der Waals surface area contributed by atoms with Gasteiger partial charge in [-0.25, -0.2) is 0 Å². The lowest BCUT2D eigenvalue weighted by Gasteiger charge is -2.48. The highest BCUT2D eigenvalue weighted by molar-refractivity contribution is 5.84. The van der Waals surface area contributed by atoms with Crippen LogP contribution in [0.25, 0.3) is 0 Å². The highest BCUT2D eigenvalue weighted by Gasteiger charge is 2.41. The molecule has 0 rings (SSSR count). The molecule has 1 amide bonds. The van der Waals surface area contributed by atoms with Gasteiger partial charge in [-0.1, -0.05) is 27.7 Å². The average Bonchev–Trinajstić information content (AvgIpc) is 2.48. The van der Waals surface area contributed by atoms with Gasteiger partial charge >= 0.3 is 0 Å². The van der Waals surface area contributed by atoms with E-state index in [2.05, 4.69) is 32.6 Å². The van der Waals surface area contributed by atoms with Crippen molar-refractivity contribution < 1.29 is 19.2 Å². The van der Waals surface area contributed by atoms with Crippen LogP contribution in [0, 0.1) is 10.8 Å². The molecule has 0 aliphatic rings. The van der Waals surface area contributed by atoms with Gasteiger partial charge < -0.3 is 4.90 Å². The molecule has 0 radical (unpaired) electrons. The van der Waals surface area contributed by atoms with Gasteiger partial charge in [0.05, 0.1) is 13.1 Å². The molecular formula is C25H46N2O4. The summed E-state index contributed by atoms with van der Waals surface area (Å²) in [6.07, 6.45) is 1.29. The lowest BCUT2D eigenvalue weighted by atomic mass is 9.74. The summed E-state index contributed by atoms with van der Waals surface area (Å²) in [4.78, 5) is 52.0. The van der Waals surface area contributed by atoms with Crippen molar-refractivity contribution in [1.82, 2.24) is 9.80 Å². The Morgan fingerprint density at radius 1 is 0.645 bits per heavy atom. The van der Waals surface area contributed by atoms with Crippen LogP contribution in [0.3, 0.4) is 0 Å². The van der Waals surface area contributed by atoms with Crippen molar-refractivity contribution in [3.63, 3.8) is 0 Å². The van der Waals surface area contributed by atoms with E-state index in [-0.39, 0.29) is 40.8 Å². The number of nitrogens with zero attached hydrogens (tertiary/aromatic N) is 2. The summed E-state index contributed by atoms with van der Waals surface area (Å²) in [6.45, 7) is 23.5. The molecule has 0 aromatic carbocycles. The van der Waals surface area contributed by atoms with E-state index in [1.807, 2.05) is 27.7 Å². The summed E-state index contributed by atoms with van der Waals surface area (Å²) in [7, 11) is 0. The Morgan fingerprint density at radius 2 is 1.10 bits per heavy atom. The molecule has 180 valence electrons. The zero-order valence-corrected chi connectivity index (χ0v) is 22.1. The van der Waals surface area contributed by atoms with Gasteiger partial charge in [0.25, 0.3) is 0 Å². The Balaban J connectivity index is 5.82. The van der Waals surface area contributed by atoms with Gasteiger partial charge in [-0.05, 0) is 66.7 Å². The van der Waals surface area contributed by atoms with Crippen molar-refractivity contribution in [3.8, 4) is 0 Å². The topological polar surface area (TPSA) is 74.8 Å². The van der Waals surface area contributed by atoms with Gasteiger partial charge in [0.2, 0.25) is 5.91 Å². The Bertz CT molecular complexity index is 690. The molecule has 0 saturated heterocycles. The minimum absolute atomic E-state index is 0.0492. The first-order chi connectivity index (χ1) is 13.6. The van der Waals surface area contributed by atoms with E-state index in [1.165, 1.54) is 13.8 Å². The van der Waals surface area contributed by atoms with Gasteiger partial charge in [0.15, 0.2) is 0 Å². The van der Waals surface area contributed by atoms with Crippen LogP contribution in [0.1, 0.15) is 95.9 Å². The molecule has 0 aliphatic heterocycles. The first kappa shape index (κ1) is 29.4. The van der Waals surface area contributed by atoms with Gasteiger partial charge in [-0.3, -0.25) is 24.1 Å². The summed E-state index contributed by atoms with van der Waals surface area (Å²) in [5.41, 5.74) is -1.64. The molecule has 0 unspecified atom stereocenters. The number of amides is 1. The fourth-order valence-electron chi connectivity index (χ4n) is 4.88.